The number of alkyl halides is 3. The second-order valence-corrected chi connectivity index (χ2v) is 5.55. The maximum atomic E-state index is 12.7. The SMILES string of the molecule is Cc1nc(C2CC(=O)N(Cc3cccc(C(F)(F)F)c3)C2)no1. The lowest BCUT2D eigenvalue weighted by atomic mass is 10.1. The molecule has 122 valence electrons. The molecule has 1 aromatic heterocycles. The molecule has 23 heavy (non-hydrogen) atoms. The van der Waals surface area contributed by atoms with E-state index in [0.717, 1.165) is 12.1 Å². The molecule has 1 atom stereocenters. The first-order valence-electron chi connectivity index (χ1n) is 7.07. The molecule has 1 fully saturated rings. The summed E-state index contributed by atoms with van der Waals surface area (Å²) in [5, 5.41) is 3.81. The van der Waals surface area contributed by atoms with Crippen LogP contribution in [0.15, 0.2) is 28.8 Å². The molecule has 3 rings (SSSR count). The zero-order chi connectivity index (χ0) is 16.6. The Morgan fingerprint density at radius 3 is 2.83 bits per heavy atom. The third kappa shape index (κ3) is 3.35. The van der Waals surface area contributed by atoms with Crippen molar-refractivity contribution < 1.29 is 22.5 Å². The van der Waals surface area contributed by atoms with Gasteiger partial charge in [-0.15, -0.1) is 0 Å². The van der Waals surface area contributed by atoms with Gasteiger partial charge in [0.15, 0.2) is 5.82 Å². The van der Waals surface area contributed by atoms with Crippen molar-refractivity contribution in [3.05, 3.63) is 47.1 Å². The van der Waals surface area contributed by atoms with Gasteiger partial charge < -0.3 is 9.42 Å². The van der Waals surface area contributed by atoms with Crippen LogP contribution in [-0.4, -0.2) is 27.5 Å². The number of aromatic nitrogens is 2. The maximum Gasteiger partial charge on any atom is 0.416 e. The number of carbonyl (C=O) groups is 1. The highest BCUT2D eigenvalue weighted by Gasteiger charge is 2.34. The smallest absolute Gasteiger partial charge is 0.340 e. The number of rotatable bonds is 3. The molecule has 2 aromatic rings. The van der Waals surface area contributed by atoms with Crippen molar-refractivity contribution in [3.8, 4) is 0 Å². The highest BCUT2D eigenvalue weighted by atomic mass is 19.4. The molecular formula is C15H14F3N3O2. The number of carbonyl (C=O) groups excluding carboxylic acids is 1. The van der Waals surface area contributed by atoms with Gasteiger partial charge in [0.1, 0.15) is 0 Å². The monoisotopic (exact) mass is 325 g/mol. The summed E-state index contributed by atoms with van der Waals surface area (Å²) in [5.41, 5.74) is -0.273. The van der Waals surface area contributed by atoms with Crippen LogP contribution in [0.25, 0.3) is 0 Å². The van der Waals surface area contributed by atoms with Gasteiger partial charge in [-0.1, -0.05) is 17.3 Å². The Bertz CT molecular complexity index is 727. The molecule has 5 nitrogen and oxygen atoms in total. The van der Waals surface area contributed by atoms with Crippen molar-refractivity contribution >= 4 is 5.91 Å². The fourth-order valence-corrected chi connectivity index (χ4v) is 2.65. The minimum absolute atomic E-state index is 0.130. The lowest BCUT2D eigenvalue weighted by molar-refractivity contribution is -0.137. The molecule has 1 aromatic carbocycles. The van der Waals surface area contributed by atoms with Gasteiger partial charge in [0, 0.05) is 32.4 Å². The van der Waals surface area contributed by atoms with Gasteiger partial charge in [0.05, 0.1) is 5.56 Å². The lowest BCUT2D eigenvalue weighted by Crippen LogP contribution is -2.24. The van der Waals surface area contributed by atoms with Crippen LogP contribution in [0.1, 0.15) is 35.2 Å². The van der Waals surface area contributed by atoms with E-state index in [2.05, 4.69) is 10.1 Å². The molecule has 0 saturated carbocycles. The molecule has 1 aliphatic heterocycles. The van der Waals surface area contributed by atoms with Gasteiger partial charge in [-0.25, -0.2) is 0 Å². The number of likely N-dealkylation sites (tertiary alicyclic amines) is 1. The second-order valence-electron chi connectivity index (χ2n) is 5.55. The highest BCUT2D eigenvalue weighted by molar-refractivity contribution is 5.79. The van der Waals surface area contributed by atoms with E-state index >= 15 is 0 Å². The van der Waals surface area contributed by atoms with E-state index in [1.54, 1.807) is 13.0 Å². The summed E-state index contributed by atoms with van der Waals surface area (Å²) in [6.45, 7) is 2.16. The molecule has 0 aliphatic carbocycles. The van der Waals surface area contributed by atoms with E-state index in [1.165, 1.54) is 11.0 Å². The number of hydrogen-bond donors (Lipinski definition) is 0. The Labute approximate surface area is 130 Å². The van der Waals surface area contributed by atoms with Gasteiger partial charge in [-0.05, 0) is 17.7 Å². The number of nitrogens with zero attached hydrogens (tertiary/aromatic N) is 3. The lowest BCUT2D eigenvalue weighted by Gasteiger charge is -2.17. The molecule has 1 unspecified atom stereocenters. The predicted octanol–water partition coefficient (Wildman–Crippen LogP) is 2.91. The predicted molar refractivity (Wildman–Crippen MR) is 73.3 cm³/mol. The summed E-state index contributed by atoms with van der Waals surface area (Å²) in [6, 6.07) is 5.01. The van der Waals surface area contributed by atoms with E-state index in [4.69, 9.17) is 4.52 Å². The zero-order valence-corrected chi connectivity index (χ0v) is 12.3. The quantitative estimate of drug-likeness (QED) is 0.870. The third-order valence-electron chi connectivity index (χ3n) is 3.75. The Kier molecular flexibility index (Phi) is 3.83. The van der Waals surface area contributed by atoms with Gasteiger partial charge in [-0.3, -0.25) is 4.79 Å². The average Bonchev–Trinajstić information content (AvgIpc) is 3.05. The van der Waals surface area contributed by atoms with Crippen molar-refractivity contribution in [2.24, 2.45) is 0 Å². The van der Waals surface area contributed by atoms with Crippen molar-refractivity contribution in [1.29, 1.82) is 0 Å². The van der Waals surface area contributed by atoms with E-state index in [-0.39, 0.29) is 24.8 Å². The second kappa shape index (κ2) is 5.68. The molecule has 0 spiro atoms. The van der Waals surface area contributed by atoms with Crippen LogP contribution in [0, 0.1) is 6.92 Å². The van der Waals surface area contributed by atoms with Crippen LogP contribution < -0.4 is 0 Å². The third-order valence-corrected chi connectivity index (χ3v) is 3.75. The van der Waals surface area contributed by atoms with Crippen LogP contribution in [0.4, 0.5) is 13.2 Å². The van der Waals surface area contributed by atoms with Gasteiger partial charge >= 0.3 is 6.18 Å². The van der Waals surface area contributed by atoms with Crippen molar-refractivity contribution in [2.75, 3.05) is 6.54 Å². The zero-order valence-electron chi connectivity index (χ0n) is 12.3. The molecule has 1 aliphatic rings. The Morgan fingerprint density at radius 1 is 1.39 bits per heavy atom. The Morgan fingerprint density at radius 2 is 2.17 bits per heavy atom. The van der Waals surface area contributed by atoms with E-state index < -0.39 is 11.7 Å². The summed E-state index contributed by atoms with van der Waals surface area (Å²) >= 11 is 0. The minimum Gasteiger partial charge on any atom is -0.340 e. The van der Waals surface area contributed by atoms with Gasteiger partial charge in [-0.2, -0.15) is 18.2 Å². The van der Waals surface area contributed by atoms with Crippen LogP contribution in [0.5, 0.6) is 0 Å². The number of aryl methyl sites for hydroxylation is 1. The first-order valence-corrected chi connectivity index (χ1v) is 7.07. The standard InChI is InChI=1S/C15H14F3N3O2/c1-9-19-14(20-23-9)11-6-13(22)21(8-11)7-10-3-2-4-12(5-10)15(16,17)18/h2-5,11H,6-8H2,1H3. The molecule has 0 N–H and O–H groups in total. The molecule has 1 amide bonds. The fourth-order valence-electron chi connectivity index (χ4n) is 2.65. The number of amides is 1. The Hall–Kier alpha value is -2.38. The fraction of sp³-hybridized carbons (Fsp3) is 0.400. The van der Waals surface area contributed by atoms with Crippen molar-refractivity contribution in [3.63, 3.8) is 0 Å². The van der Waals surface area contributed by atoms with Crippen LogP contribution in [0.3, 0.4) is 0 Å². The summed E-state index contributed by atoms with van der Waals surface area (Å²) < 4.78 is 43.1. The van der Waals surface area contributed by atoms with Crippen LogP contribution >= 0.6 is 0 Å². The molecule has 0 bridgehead atoms. The summed E-state index contributed by atoms with van der Waals surface area (Å²) in [6.07, 6.45) is -4.16. The highest BCUT2D eigenvalue weighted by Crippen LogP contribution is 2.31. The largest absolute Gasteiger partial charge is 0.416 e. The summed E-state index contributed by atoms with van der Waals surface area (Å²) in [7, 11) is 0. The topological polar surface area (TPSA) is 59.2 Å². The number of benzene rings is 1. The van der Waals surface area contributed by atoms with Gasteiger partial charge in [0.25, 0.3) is 0 Å². The first-order chi connectivity index (χ1) is 10.8. The normalized spacial score (nSPS) is 18.7. The maximum absolute atomic E-state index is 12.7. The van der Waals surface area contributed by atoms with E-state index in [9.17, 15) is 18.0 Å². The minimum atomic E-state index is -4.39. The Balaban J connectivity index is 1.72. The first kappa shape index (κ1) is 15.5. The van der Waals surface area contributed by atoms with Crippen molar-refractivity contribution in [2.45, 2.75) is 32.0 Å². The molecule has 1 saturated heterocycles. The molecule has 8 heteroatoms. The number of hydrogen-bond acceptors (Lipinski definition) is 4. The van der Waals surface area contributed by atoms with Crippen molar-refractivity contribution in [1.82, 2.24) is 15.0 Å². The van der Waals surface area contributed by atoms with E-state index in [0.29, 0.717) is 23.8 Å². The summed E-state index contributed by atoms with van der Waals surface area (Å²) in [5.74, 6) is 0.562. The average molecular weight is 325 g/mol. The number of halogens is 3. The molecular weight excluding hydrogens is 311 g/mol. The molecule has 2 heterocycles. The molecule has 0 radical (unpaired) electrons. The van der Waals surface area contributed by atoms with Crippen LogP contribution in [0.2, 0.25) is 0 Å². The van der Waals surface area contributed by atoms with Gasteiger partial charge in [0.2, 0.25) is 11.8 Å². The van der Waals surface area contributed by atoms with E-state index in [1.807, 2.05) is 0 Å². The van der Waals surface area contributed by atoms with Crippen LogP contribution in [-0.2, 0) is 17.5 Å². The summed E-state index contributed by atoms with van der Waals surface area (Å²) in [4.78, 5) is 17.7.